The molecule has 1 heterocycles. The first-order valence-electron chi connectivity index (χ1n) is 5.68. The monoisotopic (exact) mass is 298 g/mol. The Morgan fingerprint density at radius 2 is 1.75 bits per heavy atom. The van der Waals surface area contributed by atoms with Crippen molar-refractivity contribution in [2.75, 3.05) is 0 Å². The molecule has 0 fully saturated rings. The molecule has 0 aliphatic heterocycles. The van der Waals surface area contributed by atoms with Gasteiger partial charge >= 0.3 is 0 Å². The van der Waals surface area contributed by atoms with Crippen LogP contribution in [0.15, 0.2) is 6.07 Å². The Hall–Kier alpha value is 0.570. The molecule has 0 spiro atoms. The largest absolute Gasteiger partial charge is 0.117 e. The van der Waals surface area contributed by atoms with Gasteiger partial charge in [-0.3, -0.25) is 0 Å². The molecule has 0 bridgehead atoms. The Bertz CT molecular complexity index is 316. The van der Waals surface area contributed by atoms with Crippen molar-refractivity contribution in [3.05, 3.63) is 20.3 Å². The lowest BCUT2D eigenvalue weighted by Crippen LogP contribution is -2.07. The van der Waals surface area contributed by atoms with Gasteiger partial charge in [0.2, 0.25) is 0 Å². The molecule has 92 valence electrons. The van der Waals surface area contributed by atoms with Gasteiger partial charge in [0, 0.05) is 5.56 Å². The van der Waals surface area contributed by atoms with E-state index in [1.54, 1.807) is 0 Å². The van der Waals surface area contributed by atoms with Gasteiger partial charge in [0.05, 0.1) is 14.0 Å². The van der Waals surface area contributed by atoms with Crippen LogP contribution in [0.2, 0.25) is 8.67 Å². The van der Waals surface area contributed by atoms with Crippen LogP contribution < -0.4 is 0 Å². The Morgan fingerprint density at radius 1 is 1.19 bits per heavy atom. The van der Waals surface area contributed by atoms with Gasteiger partial charge in [-0.25, -0.2) is 0 Å². The number of hydrogen-bond acceptors (Lipinski definition) is 1. The smallest absolute Gasteiger partial charge is 0.0991 e. The highest BCUT2D eigenvalue weighted by molar-refractivity contribution is 7.20. The quantitative estimate of drug-likeness (QED) is 0.522. The molecule has 0 N–H and O–H groups in total. The third-order valence-corrected chi connectivity index (χ3v) is 4.82. The SMILES string of the molecule is CCCC(CCC)C(Cl)c1cc(Cl)sc1Cl. The summed E-state index contributed by atoms with van der Waals surface area (Å²) in [4.78, 5) is 0. The molecule has 0 aliphatic rings. The summed E-state index contributed by atoms with van der Waals surface area (Å²) in [6.45, 7) is 4.38. The second-order valence-electron chi connectivity index (χ2n) is 4.02. The van der Waals surface area contributed by atoms with Gasteiger partial charge in [-0.1, -0.05) is 49.9 Å². The summed E-state index contributed by atoms with van der Waals surface area (Å²) in [5.74, 6) is 0.500. The Kier molecular flexibility index (Phi) is 6.50. The van der Waals surface area contributed by atoms with Gasteiger partial charge in [0.15, 0.2) is 0 Å². The van der Waals surface area contributed by atoms with Crippen molar-refractivity contribution >= 4 is 46.1 Å². The summed E-state index contributed by atoms with van der Waals surface area (Å²) < 4.78 is 1.46. The van der Waals surface area contributed by atoms with Gasteiger partial charge in [-0.2, -0.15) is 0 Å². The molecule has 0 nitrogen and oxygen atoms in total. The Labute approximate surface area is 117 Å². The predicted molar refractivity (Wildman–Crippen MR) is 76.2 cm³/mol. The van der Waals surface area contributed by atoms with Crippen LogP contribution in [0.3, 0.4) is 0 Å². The van der Waals surface area contributed by atoms with Crippen molar-refractivity contribution in [2.24, 2.45) is 5.92 Å². The van der Waals surface area contributed by atoms with Crippen molar-refractivity contribution < 1.29 is 0 Å². The topological polar surface area (TPSA) is 0 Å². The van der Waals surface area contributed by atoms with Crippen LogP contribution in [0.25, 0.3) is 0 Å². The van der Waals surface area contributed by atoms with Gasteiger partial charge in [-0.05, 0) is 24.8 Å². The molecule has 1 aromatic heterocycles. The van der Waals surface area contributed by atoms with Crippen molar-refractivity contribution in [2.45, 2.75) is 44.9 Å². The molecule has 1 rings (SSSR count). The number of hydrogen-bond donors (Lipinski definition) is 0. The van der Waals surface area contributed by atoms with E-state index in [1.807, 2.05) is 6.07 Å². The molecule has 0 radical (unpaired) electrons. The van der Waals surface area contributed by atoms with Crippen LogP contribution in [0, 0.1) is 5.92 Å². The minimum atomic E-state index is -0.00356. The average Bonchev–Trinajstić information content (AvgIpc) is 2.56. The van der Waals surface area contributed by atoms with Gasteiger partial charge in [-0.15, -0.1) is 22.9 Å². The minimum absolute atomic E-state index is 0.00356. The second kappa shape index (κ2) is 7.10. The first-order chi connectivity index (χ1) is 7.60. The summed E-state index contributed by atoms with van der Waals surface area (Å²) in [5.41, 5.74) is 1.00. The lowest BCUT2D eigenvalue weighted by Gasteiger charge is -2.21. The Morgan fingerprint density at radius 3 is 2.12 bits per heavy atom. The van der Waals surface area contributed by atoms with Gasteiger partial charge in [0.1, 0.15) is 0 Å². The van der Waals surface area contributed by atoms with Crippen LogP contribution in [-0.4, -0.2) is 0 Å². The van der Waals surface area contributed by atoms with E-state index in [9.17, 15) is 0 Å². The maximum absolute atomic E-state index is 6.51. The first kappa shape index (κ1) is 14.6. The highest BCUT2D eigenvalue weighted by Crippen LogP contribution is 2.43. The third-order valence-electron chi connectivity index (χ3n) is 2.71. The molecule has 0 amide bonds. The zero-order valence-corrected chi connectivity index (χ0v) is 12.7. The maximum Gasteiger partial charge on any atom is 0.0991 e. The molecule has 0 saturated heterocycles. The zero-order valence-electron chi connectivity index (χ0n) is 9.60. The van der Waals surface area contributed by atoms with E-state index in [-0.39, 0.29) is 5.38 Å². The van der Waals surface area contributed by atoms with E-state index < -0.39 is 0 Å². The van der Waals surface area contributed by atoms with Crippen LogP contribution in [0.4, 0.5) is 0 Å². The standard InChI is InChI=1S/C12H17Cl3S/c1-3-5-8(6-4-2)11(14)9-7-10(13)16-12(9)15/h7-8,11H,3-6H2,1-2H3. The molecule has 1 unspecified atom stereocenters. The minimum Gasteiger partial charge on any atom is -0.117 e. The summed E-state index contributed by atoms with van der Waals surface area (Å²) in [6, 6.07) is 1.91. The number of alkyl halides is 1. The van der Waals surface area contributed by atoms with Crippen molar-refractivity contribution in [1.29, 1.82) is 0 Å². The molecule has 0 aliphatic carbocycles. The molecule has 0 saturated carbocycles. The highest BCUT2D eigenvalue weighted by Gasteiger charge is 2.23. The predicted octanol–water partition coefficient (Wildman–Crippen LogP) is 6.55. The summed E-state index contributed by atoms with van der Waals surface area (Å²) in [6.07, 6.45) is 4.60. The van der Waals surface area contributed by atoms with E-state index >= 15 is 0 Å². The first-order valence-corrected chi connectivity index (χ1v) is 7.69. The van der Waals surface area contributed by atoms with Crippen molar-refractivity contribution in [1.82, 2.24) is 0 Å². The lowest BCUT2D eigenvalue weighted by atomic mass is 9.92. The second-order valence-corrected chi connectivity index (χ2v) is 6.77. The fourth-order valence-electron chi connectivity index (χ4n) is 1.97. The van der Waals surface area contributed by atoms with Crippen LogP contribution in [0.5, 0.6) is 0 Å². The highest BCUT2D eigenvalue weighted by atomic mass is 35.5. The van der Waals surface area contributed by atoms with Gasteiger partial charge < -0.3 is 0 Å². The number of rotatable bonds is 6. The van der Waals surface area contributed by atoms with Gasteiger partial charge in [0.25, 0.3) is 0 Å². The maximum atomic E-state index is 6.51. The molecular weight excluding hydrogens is 283 g/mol. The van der Waals surface area contributed by atoms with E-state index in [1.165, 1.54) is 11.3 Å². The van der Waals surface area contributed by atoms with E-state index in [0.717, 1.165) is 39.9 Å². The molecule has 16 heavy (non-hydrogen) atoms. The average molecular weight is 300 g/mol. The normalized spacial score (nSPS) is 13.4. The molecule has 4 heteroatoms. The Balaban J connectivity index is 2.80. The van der Waals surface area contributed by atoms with E-state index in [4.69, 9.17) is 34.8 Å². The number of thiophene rings is 1. The fourth-order valence-corrected chi connectivity index (χ4v) is 4.07. The molecule has 1 atom stereocenters. The fraction of sp³-hybridized carbons (Fsp3) is 0.667. The summed E-state index contributed by atoms with van der Waals surface area (Å²) in [7, 11) is 0. The van der Waals surface area contributed by atoms with Crippen LogP contribution in [-0.2, 0) is 0 Å². The zero-order chi connectivity index (χ0) is 12.1. The lowest BCUT2D eigenvalue weighted by molar-refractivity contribution is 0.427. The van der Waals surface area contributed by atoms with E-state index in [0.29, 0.717) is 5.92 Å². The van der Waals surface area contributed by atoms with E-state index in [2.05, 4.69) is 13.8 Å². The summed E-state index contributed by atoms with van der Waals surface area (Å²) in [5, 5.41) is -0.00356. The van der Waals surface area contributed by atoms with Crippen molar-refractivity contribution in [3.63, 3.8) is 0 Å². The molecule has 0 aromatic carbocycles. The molecular formula is C12H17Cl3S. The van der Waals surface area contributed by atoms with Crippen LogP contribution >= 0.6 is 46.1 Å². The summed E-state index contributed by atoms with van der Waals surface area (Å²) >= 11 is 20.0. The van der Waals surface area contributed by atoms with Crippen LogP contribution in [0.1, 0.15) is 50.5 Å². The number of halogens is 3. The van der Waals surface area contributed by atoms with Crippen molar-refractivity contribution in [3.8, 4) is 0 Å². The molecule has 1 aromatic rings. The third kappa shape index (κ3) is 3.80.